The highest BCUT2D eigenvalue weighted by Gasteiger charge is 2.45. The van der Waals surface area contributed by atoms with Crippen LogP contribution in [0, 0.1) is 5.92 Å². The number of fused-ring (bicyclic) bond motifs is 1. The first-order chi connectivity index (χ1) is 11.6. The maximum atomic E-state index is 12.3. The zero-order valence-corrected chi connectivity index (χ0v) is 14.5. The largest absolute Gasteiger partial charge is 0.472 e. The molecule has 2 saturated heterocycles. The van der Waals surface area contributed by atoms with Crippen molar-refractivity contribution in [2.24, 2.45) is 5.92 Å². The second-order valence-electron chi connectivity index (χ2n) is 7.48. The lowest BCUT2D eigenvalue weighted by molar-refractivity contribution is -0.140. The molecule has 3 fully saturated rings. The minimum absolute atomic E-state index is 0.0793. The molecule has 0 bridgehead atoms. The molecule has 2 atom stereocenters. The van der Waals surface area contributed by atoms with Crippen LogP contribution in [-0.2, 0) is 4.79 Å². The number of likely N-dealkylation sites (tertiary alicyclic amines) is 1. The fraction of sp³-hybridized carbons (Fsp3) is 0.722. The summed E-state index contributed by atoms with van der Waals surface area (Å²) in [7, 11) is 0. The Labute approximate surface area is 143 Å². The maximum Gasteiger partial charge on any atom is 0.257 e. The summed E-state index contributed by atoms with van der Waals surface area (Å²) in [5, 5.41) is 0. The van der Waals surface area contributed by atoms with Gasteiger partial charge in [0.05, 0.1) is 6.10 Å². The number of aromatic nitrogens is 2. The van der Waals surface area contributed by atoms with Crippen LogP contribution in [0.5, 0.6) is 5.88 Å². The number of ether oxygens (including phenoxy) is 1. The van der Waals surface area contributed by atoms with Gasteiger partial charge in [-0.15, -0.1) is 0 Å². The monoisotopic (exact) mass is 330 g/mol. The van der Waals surface area contributed by atoms with Crippen LogP contribution in [0.3, 0.4) is 0 Å². The summed E-state index contributed by atoms with van der Waals surface area (Å²) < 4.78 is 5.84. The van der Waals surface area contributed by atoms with Gasteiger partial charge in [0.1, 0.15) is 0 Å². The van der Waals surface area contributed by atoms with Crippen LogP contribution in [0.4, 0.5) is 5.82 Å². The summed E-state index contributed by atoms with van der Waals surface area (Å²) in [6.45, 7) is 5.86. The topological polar surface area (TPSA) is 58.6 Å². The zero-order valence-electron chi connectivity index (χ0n) is 14.5. The van der Waals surface area contributed by atoms with Gasteiger partial charge in [-0.25, -0.2) is 9.97 Å². The minimum atomic E-state index is 0.0793. The van der Waals surface area contributed by atoms with E-state index in [4.69, 9.17) is 4.74 Å². The van der Waals surface area contributed by atoms with Crippen LogP contribution in [0.15, 0.2) is 12.4 Å². The number of amides is 1. The van der Waals surface area contributed by atoms with Crippen molar-refractivity contribution < 1.29 is 9.53 Å². The summed E-state index contributed by atoms with van der Waals surface area (Å²) in [6.07, 6.45) is 8.58. The first-order valence-corrected chi connectivity index (χ1v) is 9.17. The molecule has 6 nitrogen and oxygen atoms in total. The van der Waals surface area contributed by atoms with Gasteiger partial charge in [-0.3, -0.25) is 4.79 Å². The van der Waals surface area contributed by atoms with E-state index in [2.05, 4.69) is 19.8 Å². The van der Waals surface area contributed by atoms with Gasteiger partial charge >= 0.3 is 0 Å². The van der Waals surface area contributed by atoms with Crippen molar-refractivity contribution in [3.8, 4) is 5.88 Å². The first kappa shape index (κ1) is 15.7. The molecule has 1 aromatic heterocycles. The molecular weight excluding hydrogens is 304 g/mol. The molecule has 1 saturated carbocycles. The summed E-state index contributed by atoms with van der Waals surface area (Å²) in [4.78, 5) is 25.7. The maximum absolute atomic E-state index is 12.3. The number of hydrogen-bond acceptors (Lipinski definition) is 5. The Morgan fingerprint density at radius 1 is 1.17 bits per heavy atom. The van der Waals surface area contributed by atoms with E-state index in [9.17, 15) is 4.79 Å². The molecule has 6 heteroatoms. The van der Waals surface area contributed by atoms with Crippen LogP contribution in [0.1, 0.15) is 46.0 Å². The van der Waals surface area contributed by atoms with Crippen LogP contribution in [-0.4, -0.2) is 52.1 Å². The standard InChI is InChI=1S/C18H26N4O2/c1-12(2)24-18-17(19-8-9-20-18)21-10-7-15-13(11-21)3-6-16(23)22(15)14-4-5-14/h8-9,12-15H,3-7,10-11H2,1-2H3. The second kappa shape index (κ2) is 6.22. The number of carbonyl (C=O) groups excluding carboxylic acids is 1. The van der Waals surface area contributed by atoms with Crippen LogP contribution >= 0.6 is 0 Å². The Morgan fingerprint density at radius 3 is 2.71 bits per heavy atom. The Morgan fingerprint density at radius 2 is 1.96 bits per heavy atom. The zero-order chi connectivity index (χ0) is 16.7. The van der Waals surface area contributed by atoms with E-state index in [0.29, 0.717) is 36.2 Å². The fourth-order valence-electron chi connectivity index (χ4n) is 4.15. The Bertz CT molecular complexity index is 617. The summed E-state index contributed by atoms with van der Waals surface area (Å²) in [5.41, 5.74) is 0. The van der Waals surface area contributed by atoms with Gasteiger partial charge in [-0.1, -0.05) is 0 Å². The Hall–Kier alpha value is -1.85. The minimum Gasteiger partial charge on any atom is -0.472 e. The number of hydrogen-bond donors (Lipinski definition) is 0. The highest BCUT2D eigenvalue weighted by atomic mass is 16.5. The van der Waals surface area contributed by atoms with Gasteiger partial charge in [-0.2, -0.15) is 0 Å². The quantitative estimate of drug-likeness (QED) is 0.847. The molecule has 0 N–H and O–H groups in total. The lowest BCUT2D eigenvalue weighted by Crippen LogP contribution is -2.57. The SMILES string of the molecule is CC(C)Oc1nccnc1N1CCC2C(CCC(=O)N2C2CC2)C1. The van der Waals surface area contributed by atoms with Crippen molar-refractivity contribution in [2.75, 3.05) is 18.0 Å². The van der Waals surface area contributed by atoms with Crippen molar-refractivity contribution >= 4 is 11.7 Å². The molecule has 2 unspecified atom stereocenters. The molecule has 24 heavy (non-hydrogen) atoms. The van der Waals surface area contributed by atoms with E-state index in [0.717, 1.165) is 31.7 Å². The third-order valence-corrected chi connectivity index (χ3v) is 5.30. The molecule has 4 rings (SSSR count). The third-order valence-electron chi connectivity index (χ3n) is 5.30. The highest BCUT2D eigenvalue weighted by molar-refractivity contribution is 5.78. The average Bonchev–Trinajstić information content (AvgIpc) is 3.39. The van der Waals surface area contributed by atoms with Crippen molar-refractivity contribution in [3.05, 3.63) is 12.4 Å². The normalized spacial score (nSPS) is 27.4. The van der Waals surface area contributed by atoms with Crippen molar-refractivity contribution in [2.45, 2.75) is 64.1 Å². The van der Waals surface area contributed by atoms with Gasteiger partial charge in [0.25, 0.3) is 5.88 Å². The predicted molar refractivity (Wildman–Crippen MR) is 91.0 cm³/mol. The molecule has 130 valence electrons. The van der Waals surface area contributed by atoms with Gasteiger partial charge in [-0.05, 0) is 45.4 Å². The van der Waals surface area contributed by atoms with E-state index in [1.807, 2.05) is 13.8 Å². The number of nitrogens with zero attached hydrogens (tertiary/aromatic N) is 4. The van der Waals surface area contributed by atoms with E-state index in [1.165, 1.54) is 12.8 Å². The molecule has 1 aromatic rings. The molecule has 1 aliphatic carbocycles. The van der Waals surface area contributed by atoms with Crippen molar-refractivity contribution in [1.82, 2.24) is 14.9 Å². The van der Waals surface area contributed by atoms with Crippen LogP contribution in [0.25, 0.3) is 0 Å². The number of anilines is 1. The molecule has 0 aromatic carbocycles. The molecular formula is C18H26N4O2. The second-order valence-corrected chi connectivity index (χ2v) is 7.48. The van der Waals surface area contributed by atoms with E-state index >= 15 is 0 Å². The Balaban J connectivity index is 1.52. The highest BCUT2D eigenvalue weighted by Crippen LogP contribution is 2.40. The average molecular weight is 330 g/mol. The van der Waals surface area contributed by atoms with Gasteiger partial charge in [0.15, 0.2) is 5.82 Å². The first-order valence-electron chi connectivity index (χ1n) is 9.17. The molecule has 3 aliphatic rings. The van der Waals surface area contributed by atoms with E-state index < -0.39 is 0 Å². The summed E-state index contributed by atoms with van der Waals surface area (Å²) in [5.74, 6) is 2.37. The molecule has 1 amide bonds. The number of piperidine rings is 2. The number of carbonyl (C=O) groups is 1. The molecule has 0 spiro atoms. The van der Waals surface area contributed by atoms with Crippen LogP contribution < -0.4 is 9.64 Å². The van der Waals surface area contributed by atoms with E-state index in [1.54, 1.807) is 12.4 Å². The van der Waals surface area contributed by atoms with Gasteiger partial charge in [0, 0.05) is 44.0 Å². The Kier molecular flexibility index (Phi) is 4.06. The third kappa shape index (κ3) is 2.94. The molecule has 2 aliphatic heterocycles. The van der Waals surface area contributed by atoms with Crippen LogP contribution in [0.2, 0.25) is 0 Å². The summed E-state index contributed by atoms with van der Waals surface area (Å²) >= 11 is 0. The van der Waals surface area contributed by atoms with Gasteiger partial charge in [0.2, 0.25) is 5.91 Å². The fourth-order valence-corrected chi connectivity index (χ4v) is 4.15. The lowest BCUT2D eigenvalue weighted by Gasteiger charge is -2.47. The smallest absolute Gasteiger partial charge is 0.257 e. The van der Waals surface area contributed by atoms with Crippen molar-refractivity contribution in [1.29, 1.82) is 0 Å². The van der Waals surface area contributed by atoms with Gasteiger partial charge < -0.3 is 14.5 Å². The molecule has 3 heterocycles. The number of rotatable bonds is 4. The lowest BCUT2D eigenvalue weighted by atomic mass is 9.83. The van der Waals surface area contributed by atoms with E-state index in [-0.39, 0.29) is 6.10 Å². The molecule has 0 radical (unpaired) electrons. The van der Waals surface area contributed by atoms with Crippen molar-refractivity contribution in [3.63, 3.8) is 0 Å². The predicted octanol–water partition coefficient (Wildman–Crippen LogP) is 2.24. The summed E-state index contributed by atoms with van der Waals surface area (Å²) in [6, 6.07) is 0.939.